The molecule has 3 aromatic heterocycles. The average Bonchev–Trinajstić information content (AvgIpc) is 3.23. The zero-order valence-electron chi connectivity index (χ0n) is 24.9. The maximum Gasteiger partial charge on any atom is 0.232 e. The van der Waals surface area contributed by atoms with Gasteiger partial charge in [0.1, 0.15) is 23.4 Å². The van der Waals surface area contributed by atoms with E-state index >= 15 is 0 Å². The zero-order chi connectivity index (χ0) is 29.5. The number of aromatic nitrogens is 5. The van der Waals surface area contributed by atoms with Crippen LogP contribution in [0, 0.1) is 20.8 Å². The summed E-state index contributed by atoms with van der Waals surface area (Å²) in [5, 5.41) is 3.33. The van der Waals surface area contributed by atoms with Crippen molar-refractivity contribution in [3.05, 3.63) is 65.1 Å². The van der Waals surface area contributed by atoms with Gasteiger partial charge in [-0.1, -0.05) is 12.1 Å². The highest BCUT2D eigenvalue weighted by Gasteiger charge is 2.24. The number of hydrogen-bond acceptors (Lipinski definition) is 8. The molecule has 1 aliphatic rings. The molecule has 0 bridgehead atoms. The van der Waals surface area contributed by atoms with E-state index in [1.165, 1.54) is 7.05 Å². The Kier molecular flexibility index (Phi) is 6.08. The Morgan fingerprint density at radius 1 is 1.08 bits per heavy atom. The molecule has 1 unspecified atom stereocenters. The summed E-state index contributed by atoms with van der Waals surface area (Å²) in [5.41, 5.74) is 4.79. The van der Waals surface area contributed by atoms with E-state index in [0.717, 1.165) is 46.5 Å². The SMILES string of the molecule is [2H]C([2H])([2H])S(=O)(=O)N(C)c1ccccc1Nc1cc(Cc2cc(C)nc(C)n2)nc2c1nc(C)n2C1CCCCO1. The summed E-state index contributed by atoms with van der Waals surface area (Å²) in [6.07, 6.45) is -0.105. The molecular formula is C27H33N7O3S. The Morgan fingerprint density at radius 2 is 1.87 bits per heavy atom. The highest BCUT2D eigenvalue weighted by atomic mass is 32.2. The minimum Gasteiger partial charge on any atom is -0.358 e. The largest absolute Gasteiger partial charge is 0.358 e. The molecule has 10 nitrogen and oxygen atoms in total. The fraction of sp³-hybridized carbons (Fsp3) is 0.407. The van der Waals surface area contributed by atoms with Gasteiger partial charge in [0.2, 0.25) is 10.0 Å². The first-order chi connectivity index (χ1) is 19.3. The Morgan fingerprint density at radius 3 is 2.61 bits per heavy atom. The van der Waals surface area contributed by atoms with E-state index < -0.39 is 16.2 Å². The third kappa shape index (κ3) is 5.34. The lowest BCUT2D eigenvalue weighted by Crippen LogP contribution is -2.25. The van der Waals surface area contributed by atoms with Gasteiger partial charge in [0.05, 0.1) is 34.6 Å². The predicted octanol–water partition coefficient (Wildman–Crippen LogP) is 4.58. The van der Waals surface area contributed by atoms with Crippen LogP contribution < -0.4 is 9.62 Å². The van der Waals surface area contributed by atoms with Crippen LogP contribution >= 0.6 is 0 Å². The molecule has 38 heavy (non-hydrogen) atoms. The Bertz CT molecular complexity index is 1680. The van der Waals surface area contributed by atoms with Gasteiger partial charge in [0, 0.05) is 29.9 Å². The van der Waals surface area contributed by atoms with Gasteiger partial charge in [-0.05, 0) is 64.3 Å². The van der Waals surface area contributed by atoms with Gasteiger partial charge >= 0.3 is 0 Å². The lowest BCUT2D eigenvalue weighted by Gasteiger charge is -2.25. The number of para-hydroxylation sites is 2. The molecule has 1 aromatic carbocycles. The molecule has 0 amide bonds. The van der Waals surface area contributed by atoms with Crippen molar-refractivity contribution in [2.24, 2.45) is 0 Å². The summed E-state index contributed by atoms with van der Waals surface area (Å²) in [7, 11) is -3.40. The Labute approximate surface area is 227 Å². The van der Waals surface area contributed by atoms with Crippen molar-refractivity contribution in [3.63, 3.8) is 0 Å². The van der Waals surface area contributed by atoms with Crippen LogP contribution in [0.1, 0.15) is 58.3 Å². The van der Waals surface area contributed by atoms with Crippen LogP contribution in [0.3, 0.4) is 0 Å². The van der Waals surface area contributed by atoms with Crippen molar-refractivity contribution in [3.8, 4) is 0 Å². The molecule has 1 aliphatic heterocycles. The second-order valence-electron chi connectivity index (χ2n) is 9.52. The first kappa shape index (κ1) is 22.4. The smallest absolute Gasteiger partial charge is 0.232 e. The van der Waals surface area contributed by atoms with Gasteiger partial charge in [-0.15, -0.1) is 0 Å². The van der Waals surface area contributed by atoms with Crippen LogP contribution in [-0.2, 0) is 21.2 Å². The maximum atomic E-state index is 12.8. The van der Waals surface area contributed by atoms with Crippen molar-refractivity contribution in [2.75, 3.05) is 29.5 Å². The van der Waals surface area contributed by atoms with E-state index in [2.05, 4.69) is 15.3 Å². The third-order valence-electron chi connectivity index (χ3n) is 6.58. The lowest BCUT2D eigenvalue weighted by atomic mass is 10.1. The highest BCUT2D eigenvalue weighted by molar-refractivity contribution is 7.92. The number of nitrogens with one attached hydrogen (secondary N) is 1. The van der Waals surface area contributed by atoms with Crippen molar-refractivity contribution in [2.45, 2.75) is 52.7 Å². The summed E-state index contributed by atoms with van der Waals surface area (Å²) in [4.78, 5) is 18.8. The van der Waals surface area contributed by atoms with Gasteiger partial charge in [-0.3, -0.25) is 8.87 Å². The molecular weight excluding hydrogens is 502 g/mol. The van der Waals surface area contributed by atoms with E-state index in [1.807, 2.05) is 37.5 Å². The summed E-state index contributed by atoms with van der Waals surface area (Å²) < 4.78 is 57.1. The Balaban J connectivity index is 1.64. The number of hydrogen-bond donors (Lipinski definition) is 1. The molecule has 5 rings (SSSR count). The van der Waals surface area contributed by atoms with Gasteiger partial charge in [-0.25, -0.2) is 28.4 Å². The molecule has 0 spiro atoms. The predicted molar refractivity (Wildman–Crippen MR) is 148 cm³/mol. The first-order valence-corrected chi connectivity index (χ1v) is 13.9. The normalized spacial score (nSPS) is 17.6. The lowest BCUT2D eigenvalue weighted by molar-refractivity contribution is -0.0309. The monoisotopic (exact) mass is 538 g/mol. The molecule has 200 valence electrons. The van der Waals surface area contributed by atoms with Crippen LogP contribution in [0.4, 0.5) is 17.1 Å². The molecule has 4 aromatic rings. The number of nitrogens with zero attached hydrogens (tertiary/aromatic N) is 6. The summed E-state index contributed by atoms with van der Waals surface area (Å²) in [6, 6.07) is 10.4. The molecule has 0 aliphatic carbocycles. The summed E-state index contributed by atoms with van der Waals surface area (Å²) in [6.45, 7) is 6.33. The van der Waals surface area contributed by atoms with Crippen LogP contribution in [0.2, 0.25) is 0 Å². The minimum atomic E-state index is -4.63. The number of rotatable bonds is 7. The number of aryl methyl sites for hydroxylation is 3. The van der Waals surface area contributed by atoms with Gasteiger partial charge in [-0.2, -0.15) is 0 Å². The van der Waals surface area contributed by atoms with E-state index in [-0.39, 0.29) is 11.9 Å². The van der Waals surface area contributed by atoms with E-state index in [4.69, 9.17) is 18.8 Å². The zero-order valence-corrected chi connectivity index (χ0v) is 22.7. The van der Waals surface area contributed by atoms with E-state index in [0.29, 0.717) is 41.4 Å². The molecule has 1 fully saturated rings. The molecule has 0 saturated carbocycles. The molecule has 11 heteroatoms. The number of imidazole rings is 1. The van der Waals surface area contributed by atoms with Gasteiger partial charge in [0.25, 0.3) is 0 Å². The molecule has 0 radical (unpaired) electrons. The number of ether oxygens (including phenoxy) is 1. The van der Waals surface area contributed by atoms with Crippen molar-refractivity contribution >= 4 is 38.2 Å². The fourth-order valence-corrected chi connectivity index (χ4v) is 5.30. The minimum absolute atomic E-state index is 0.184. The molecule has 1 saturated heterocycles. The van der Waals surface area contributed by atoms with E-state index in [1.54, 1.807) is 24.3 Å². The number of sulfonamides is 1. The summed E-state index contributed by atoms with van der Waals surface area (Å²) >= 11 is 0. The third-order valence-corrected chi connectivity index (χ3v) is 7.49. The second-order valence-corrected chi connectivity index (χ2v) is 11.0. The number of pyridine rings is 1. The highest BCUT2D eigenvalue weighted by Crippen LogP contribution is 2.35. The topological polar surface area (TPSA) is 115 Å². The standard InChI is InChI=1S/C27H33N7O3S/c1-17-14-20(29-18(2)28-17)15-21-16-23(32-22-10-6-7-11-24(22)33(4)38(5,35)36)26-27(31-21)34(19(3)30-26)25-12-8-9-13-37-25/h6-7,10-11,14,16,25H,8-9,12-13,15H2,1-5H3,(H,31,32)/i5D3. The van der Waals surface area contributed by atoms with Crippen molar-refractivity contribution < 1.29 is 17.3 Å². The maximum absolute atomic E-state index is 12.8. The average molecular weight is 539 g/mol. The molecule has 1 atom stereocenters. The van der Waals surface area contributed by atoms with Crippen LogP contribution in [0.15, 0.2) is 36.4 Å². The number of benzene rings is 1. The first-order valence-electron chi connectivity index (χ1n) is 14.0. The number of fused-ring (bicyclic) bond motifs is 1. The molecule has 4 heterocycles. The van der Waals surface area contributed by atoms with Gasteiger partial charge < -0.3 is 10.1 Å². The Hall–Kier alpha value is -3.57. The van der Waals surface area contributed by atoms with E-state index in [9.17, 15) is 8.42 Å². The quantitative estimate of drug-likeness (QED) is 0.364. The fourth-order valence-electron chi connectivity index (χ4n) is 4.88. The molecule has 1 N–H and O–H groups in total. The second kappa shape index (κ2) is 10.3. The van der Waals surface area contributed by atoms with Crippen LogP contribution in [-0.4, -0.2) is 52.8 Å². The van der Waals surface area contributed by atoms with Crippen LogP contribution in [0.25, 0.3) is 11.2 Å². The van der Waals surface area contributed by atoms with Gasteiger partial charge in [0.15, 0.2) is 5.65 Å². The van der Waals surface area contributed by atoms with Crippen molar-refractivity contribution in [1.82, 2.24) is 24.5 Å². The van der Waals surface area contributed by atoms with Crippen LogP contribution in [0.5, 0.6) is 0 Å². The van der Waals surface area contributed by atoms with Crippen molar-refractivity contribution in [1.29, 1.82) is 0 Å². The summed E-state index contributed by atoms with van der Waals surface area (Å²) in [5.74, 6) is 1.41. The number of anilines is 3.